The maximum Gasteiger partial charge on any atom is 0.251 e. The highest BCUT2D eigenvalue weighted by Crippen LogP contribution is 2.16. The van der Waals surface area contributed by atoms with Gasteiger partial charge >= 0.3 is 0 Å². The summed E-state index contributed by atoms with van der Waals surface area (Å²) in [5.41, 5.74) is 6.63. The fourth-order valence-corrected chi connectivity index (χ4v) is 2.37. The maximum absolute atomic E-state index is 12.0. The quantitative estimate of drug-likeness (QED) is 0.692. The predicted molar refractivity (Wildman–Crippen MR) is 79.6 cm³/mol. The Kier molecular flexibility index (Phi) is 5.16. The van der Waals surface area contributed by atoms with Gasteiger partial charge in [-0.15, -0.1) is 0 Å². The summed E-state index contributed by atoms with van der Waals surface area (Å²) >= 11 is 0. The van der Waals surface area contributed by atoms with E-state index in [0.717, 1.165) is 12.8 Å². The molecule has 2 rings (SSSR count). The van der Waals surface area contributed by atoms with Crippen molar-refractivity contribution in [3.05, 3.63) is 29.8 Å². The number of aliphatic hydroxyl groups is 1. The second-order valence-corrected chi connectivity index (χ2v) is 5.31. The van der Waals surface area contributed by atoms with Gasteiger partial charge in [0, 0.05) is 30.9 Å². The van der Waals surface area contributed by atoms with E-state index in [9.17, 15) is 9.59 Å². The number of carbonyl (C=O) groups is 2. The third-order valence-electron chi connectivity index (χ3n) is 3.80. The van der Waals surface area contributed by atoms with E-state index in [1.165, 1.54) is 0 Å². The van der Waals surface area contributed by atoms with Crippen molar-refractivity contribution in [3.8, 4) is 0 Å². The molecule has 2 amide bonds. The number of carbonyl (C=O) groups excluding carboxylic acids is 2. The summed E-state index contributed by atoms with van der Waals surface area (Å²) in [5.74, 6) is -0.0813. The zero-order valence-corrected chi connectivity index (χ0v) is 11.9. The van der Waals surface area contributed by atoms with Gasteiger partial charge in [-0.2, -0.15) is 0 Å². The Morgan fingerprint density at radius 1 is 1.24 bits per heavy atom. The molecule has 1 aliphatic rings. The topological polar surface area (TPSA) is 95.7 Å². The minimum Gasteiger partial charge on any atom is -0.399 e. The molecule has 0 aromatic heterocycles. The molecule has 0 spiro atoms. The molecule has 0 bridgehead atoms. The molecule has 1 aromatic carbocycles. The fraction of sp³-hybridized carbons (Fsp3) is 0.467. The highest BCUT2D eigenvalue weighted by molar-refractivity contribution is 5.96. The molecule has 0 saturated carbocycles. The molecule has 1 heterocycles. The number of nitrogens with one attached hydrogen (secondary N) is 1. The molecule has 1 aromatic rings. The standard InChI is InChI=1S/C15H21N3O3/c16-13-3-1-12(2-4-13)15(21)17-9-14(20)18-7-5-11(10-19)6-8-18/h1-4,11,19H,5-10,16H2,(H,17,21). The first-order valence-electron chi connectivity index (χ1n) is 7.12. The Bertz CT molecular complexity index is 493. The highest BCUT2D eigenvalue weighted by atomic mass is 16.3. The lowest BCUT2D eigenvalue weighted by molar-refractivity contribution is -0.131. The van der Waals surface area contributed by atoms with Gasteiger partial charge in [-0.25, -0.2) is 0 Å². The lowest BCUT2D eigenvalue weighted by Gasteiger charge is -2.31. The molecule has 1 aliphatic heterocycles. The Labute approximate surface area is 123 Å². The van der Waals surface area contributed by atoms with Gasteiger partial charge in [0.2, 0.25) is 5.91 Å². The van der Waals surface area contributed by atoms with Gasteiger partial charge in [0.1, 0.15) is 0 Å². The van der Waals surface area contributed by atoms with Crippen LogP contribution in [0.3, 0.4) is 0 Å². The van der Waals surface area contributed by atoms with Gasteiger partial charge in [-0.05, 0) is 43.0 Å². The molecule has 1 saturated heterocycles. The number of likely N-dealkylation sites (tertiary alicyclic amines) is 1. The molecule has 6 heteroatoms. The molecule has 6 nitrogen and oxygen atoms in total. The number of amides is 2. The average Bonchev–Trinajstić information content (AvgIpc) is 2.53. The minimum atomic E-state index is -0.284. The predicted octanol–water partition coefficient (Wildman–Crippen LogP) is 0.230. The Hall–Kier alpha value is -2.08. The normalized spacial score (nSPS) is 15.8. The maximum atomic E-state index is 12.0. The molecule has 1 fully saturated rings. The number of aliphatic hydroxyl groups excluding tert-OH is 1. The Balaban J connectivity index is 1.78. The van der Waals surface area contributed by atoms with Crippen LogP contribution >= 0.6 is 0 Å². The summed E-state index contributed by atoms with van der Waals surface area (Å²) in [6.45, 7) is 1.45. The van der Waals surface area contributed by atoms with Crippen LogP contribution in [-0.2, 0) is 4.79 Å². The molecule has 4 N–H and O–H groups in total. The Morgan fingerprint density at radius 2 is 1.86 bits per heavy atom. The van der Waals surface area contributed by atoms with Crippen LogP contribution in [0.2, 0.25) is 0 Å². The van der Waals surface area contributed by atoms with E-state index in [0.29, 0.717) is 30.3 Å². The number of anilines is 1. The number of rotatable bonds is 4. The number of hydrogen-bond donors (Lipinski definition) is 3. The van der Waals surface area contributed by atoms with Gasteiger partial charge in [-0.3, -0.25) is 9.59 Å². The second kappa shape index (κ2) is 7.08. The molecule has 114 valence electrons. The lowest BCUT2D eigenvalue weighted by atomic mass is 9.98. The summed E-state index contributed by atoms with van der Waals surface area (Å²) in [6.07, 6.45) is 1.63. The van der Waals surface area contributed by atoms with Crippen LogP contribution in [0.1, 0.15) is 23.2 Å². The van der Waals surface area contributed by atoms with E-state index >= 15 is 0 Å². The molecule has 0 aliphatic carbocycles. The Morgan fingerprint density at radius 3 is 2.43 bits per heavy atom. The minimum absolute atomic E-state index is 0.00694. The zero-order chi connectivity index (χ0) is 15.2. The highest BCUT2D eigenvalue weighted by Gasteiger charge is 2.22. The van der Waals surface area contributed by atoms with E-state index < -0.39 is 0 Å². The van der Waals surface area contributed by atoms with Gasteiger partial charge in [0.15, 0.2) is 0 Å². The molecule has 21 heavy (non-hydrogen) atoms. The van der Waals surface area contributed by atoms with Crippen molar-refractivity contribution in [1.82, 2.24) is 10.2 Å². The third kappa shape index (κ3) is 4.19. The van der Waals surface area contributed by atoms with Crippen molar-refractivity contribution in [3.63, 3.8) is 0 Å². The summed E-state index contributed by atoms with van der Waals surface area (Å²) in [6, 6.07) is 6.55. The van der Waals surface area contributed by atoms with Gasteiger partial charge < -0.3 is 21.1 Å². The SMILES string of the molecule is Nc1ccc(C(=O)NCC(=O)N2CCC(CO)CC2)cc1. The smallest absolute Gasteiger partial charge is 0.251 e. The van der Waals surface area contributed by atoms with Crippen molar-refractivity contribution >= 4 is 17.5 Å². The number of nitrogens with two attached hydrogens (primary N) is 1. The van der Waals surface area contributed by atoms with Crippen LogP contribution in [0.15, 0.2) is 24.3 Å². The van der Waals surface area contributed by atoms with Crippen molar-refractivity contribution < 1.29 is 14.7 Å². The average molecular weight is 291 g/mol. The number of piperidine rings is 1. The lowest BCUT2D eigenvalue weighted by Crippen LogP contribution is -2.44. The third-order valence-corrected chi connectivity index (χ3v) is 3.80. The van der Waals surface area contributed by atoms with Gasteiger partial charge in [-0.1, -0.05) is 0 Å². The van der Waals surface area contributed by atoms with E-state index in [1.54, 1.807) is 29.2 Å². The van der Waals surface area contributed by atoms with E-state index in [4.69, 9.17) is 10.8 Å². The van der Waals surface area contributed by atoms with Crippen LogP contribution in [0.4, 0.5) is 5.69 Å². The van der Waals surface area contributed by atoms with Crippen molar-refractivity contribution in [2.24, 2.45) is 5.92 Å². The monoisotopic (exact) mass is 291 g/mol. The van der Waals surface area contributed by atoms with Crippen molar-refractivity contribution in [2.45, 2.75) is 12.8 Å². The fourth-order valence-electron chi connectivity index (χ4n) is 2.37. The summed E-state index contributed by atoms with van der Waals surface area (Å²) < 4.78 is 0. The van der Waals surface area contributed by atoms with Gasteiger partial charge in [0.25, 0.3) is 5.91 Å². The van der Waals surface area contributed by atoms with Crippen LogP contribution in [-0.4, -0.2) is 48.1 Å². The van der Waals surface area contributed by atoms with Crippen LogP contribution in [0.25, 0.3) is 0 Å². The first-order valence-corrected chi connectivity index (χ1v) is 7.12. The first kappa shape index (κ1) is 15.3. The zero-order valence-electron chi connectivity index (χ0n) is 11.9. The van der Waals surface area contributed by atoms with Crippen LogP contribution in [0.5, 0.6) is 0 Å². The first-order chi connectivity index (χ1) is 10.1. The number of nitrogens with zero attached hydrogens (tertiary/aromatic N) is 1. The van der Waals surface area contributed by atoms with Crippen LogP contribution in [0, 0.1) is 5.92 Å². The van der Waals surface area contributed by atoms with Crippen LogP contribution < -0.4 is 11.1 Å². The van der Waals surface area contributed by atoms with Crippen molar-refractivity contribution in [2.75, 3.05) is 32.0 Å². The molecule has 0 radical (unpaired) electrons. The summed E-state index contributed by atoms with van der Waals surface area (Å²) in [4.78, 5) is 25.6. The number of nitrogen functional groups attached to an aromatic ring is 1. The number of hydrogen-bond acceptors (Lipinski definition) is 4. The van der Waals surface area contributed by atoms with Gasteiger partial charge in [0.05, 0.1) is 6.54 Å². The van der Waals surface area contributed by atoms with E-state index in [2.05, 4.69) is 5.32 Å². The van der Waals surface area contributed by atoms with E-state index in [1.807, 2.05) is 0 Å². The summed E-state index contributed by atoms with van der Waals surface area (Å²) in [7, 11) is 0. The molecule has 0 atom stereocenters. The largest absolute Gasteiger partial charge is 0.399 e. The molecular weight excluding hydrogens is 270 g/mol. The van der Waals surface area contributed by atoms with E-state index in [-0.39, 0.29) is 25.0 Å². The molecule has 0 unspecified atom stereocenters. The number of benzene rings is 1. The van der Waals surface area contributed by atoms with Crippen molar-refractivity contribution in [1.29, 1.82) is 0 Å². The molecular formula is C15H21N3O3. The summed E-state index contributed by atoms with van der Waals surface area (Å²) in [5, 5.41) is 11.7. The second-order valence-electron chi connectivity index (χ2n) is 5.31.